The van der Waals surface area contributed by atoms with E-state index in [1.165, 1.54) is 18.2 Å². The Bertz CT molecular complexity index is 4060. The minimum absolute atomic E-state index is 0.0174. The number of aromatic amines is 1. The molecule has 3 aromatic carbocycles. The van der Waals surface area contributed by atoms with Crippen LogP contribution < -0.4 is 27.2 Å². The molecule has 7 rings (SSSR count). The molecule has 0 saturated carbocycles. The lowest BCUT2D eigenvalue weighted by molar-refractivity contribution is -0.0601. The van der Waals surface area contributed by atoms with Crippen molar-refractivity contribution in [1.82, 2.24) is 14.9 Å². The van der Waals surface area contributed by atoms with Gasteiger partial charge in [-0.2, -0.15) is 8.62 Å². The summed E-state index contributed by atoms with van der Waals surface area (Å²) in [5.41, 5.74) is 21.3. The van der Waals surface area contributed by atoms with E-state index in [-0.39, 0.29) is 41.8 Å². The number of aromatic nitrogens is 2. The number of carboxylic acids is 1. The number of aromatic carboxylic acids is 1. The number of amides is 1. The van der Waals surface area contributed by atoms with E-state index in [0.29, 0.717) is 70.5 Å². The number of ether oxygens (including phenoxy) is 3. The van der Waals surface area contributed by atoms with Crippen molar-refractivity contribution in [2.45, 2.75) is 71.9 Å². The van der Waals surface area contributed by atoms with Crippen molar-refractivity contribution in [2.24, 2.45) is 15.2 Å². The van der Waals surface area contributed by atoms with Crippen LogP contribution in [0.25, 0.3) is 54.3 Å². The quantitative estimate of drug-likeness (QED) is 0.00404. The lowest BCUT2D eigenvalue weighted by Gasteiger charge is -2.20. The molecule has 2 aliphatic heterocycles. The maximum Gasteiger partial charge on any atom is 0.490 e. The number of benzene rings is 4. The average Bonchev–Trinajstić information content (AvgIpc) is 2.09. The number of anilines is 1. The average molecular weight is 1230 g/mol. The summed E-state index contributed by atoms with van der Waals surface area (Å²) >= 11 is 0. The summed E-state index contributed by atoms with van der Waals surface area (Å²) in [6, 6.07) is 16.7. The van der Waals surface area contributed by atoms with Gasteiger partial charge in [0.15, 0.2) is 6.61 Å². The van der Waals surface area contributed by atoms with Crippen molar-refractivity contribution in [2.75, 3.05) is 44.9 Å². The van der Waals surface area contributed by atoms with Crippen LogP contribution in [0.3, 0.4) is 0 Å². The molecule has 0 radical (unpaired) electrons. The van der Waals surface area contributed by atoms with Crippen LogP contribution in [0.1, 0.15) is 91.8 Å². The van der Waals surface area contributed by atoms with E-state index >= 15 is 0 Å². The molecule has 1 saturated heterocycles. The summed E-state index contributed by atoms with van der Waals surface area (Å²) in [6.45, 7) is 6.61. The van der Waals surface area contributed by atoms with Crippen molar-refractivity contribution in [3.05, 3.63) is 158 Å². The molecule has 3 aliphatic rings. The molecule has 448 valence electrons. The van der Waals surface area contributed by atoms with Gasteiger partial charge in [0.1, 0.15) is 36.0 Å². The highest BCUT2D eigenvalue weighted by molar-refractivity contribution is 7.66. The maximum absolute atomic E-state index is 13.8. The normalized spacial score (nSPS) is 16.5. The van der Waals surface area contributed by atoms with E-state index in [9.17, 15) is 52.6 Å². The zero-order chi connectivity index (χ0) is 61.8. The highest BCUT2D eigenvalue weighted by Gasteiger charge is 2.44. The molecule has 8 N–H and O–H groups in total. The molecule has 3 heterocycles. The van der Waals surface area contributed by atoms with Gasteiger partial charge in [0.25, 0.3) is 11.5 Å². The number of nitrogens with zero attached hydrogens (tertiary/aromatic N) is 8. The molecule has 5 atom stereocenters. The number of hydrogen-bond acceptors (Lipinski definition) is 19. The van der Waals surface area contributed by atoms with E-state index in [1.807, 2.05) is 56.9 Å². The van der Waals surface area contributed by atoms with E-state index in [1.54, 1.807) is 18.2 Å². The Balaban J connectivity index is 1.01. The number of phosphoric acid groups is 3. The molecule has 31 nitrogen and oxygen atoms in total. The number of carbonyl (C=O) groups is 3. The fourth-order valence-corrected chi connectivity index (χ4v) is 12.1. The first-order valence-corrected chi connectivity index (χ1v) is 30.0. The minimum atomic E-state index is -5.88. The van der Waals surface area contributed by atoms with Gasteiger partial charge in [-0.05, 0) is 116 Å². The van der Waals surface area contributed by atoms with Crippen LogP contribution in [0.5, 0.6) is 0 Å². The highest BCUT2D eigenvalue weighted by Crippen LogP contribution is 2.66. The second-order valence-electron chi connectivity index (χ2n) is 18.5. The largest absolute Gasteiger partial charge is 0.490 e. The van der Waals surface area contributed by atoms with Gasteiger partial charge in [-0.1, -0.05) is 34.2 Å². The van der Waals surface area contributed by atoms with Crippen molar-refractivity contribution in [1.29, 1.82) is 0 Å². The number of azide groups is 2. The number of carbonyl (C=O) groups excluding carboxylic acids is 2. The smallest absolute Gasteiger partial charge is 0.478 e. The number of esters is 1. The Morgan fingerprint density at radius 2 is 1.67 bits per heavy atom. The highest BCUT2D eigenvalue weighted by atomic mass is 31.3. The summed E-state index contributed by atoms with van der Waals surface area (Å²) in [4.78, 5) is 115. The SMILES string of the molecule is CCN=c1cc2oc3cc(NCC)c(C)cc3c(-c3cc(C(=O)NCCCc4ccc(C(=O)OCC#Cc5cn([C@H]6CC(OCN=[N+]=[N-])[C@@H](COP(=O)(O)OP(=O)(O)OP(=O)(O)O)O6)c(=O)[nH]c5=O)c(CN=[N+]=[N-])c4)ccc3C(=O)O)c-2cc1C. The van der Waals surface area contributed by atoms with Gasteiger partial charge in [0.2, 0.25) is 0 Å². The number of H-pyrrole nitrogens is 1. The van der Waals surface area contributed by atoms with Crippen LogP contribution >= 0.6 is 23.5 Å². The number of nitrogens with one attached hydrogen (secondary N) is 3. The summed E-state index contributed by atoms with van der Waals surface area (Å²) in [6.07, 6.45) is -2.54. The number of fused-ring (bicyclic) bond motifs is 2. The van der Waals surface area contributed by atoms with Gasteiger partial charge in [0, 0.05) is 82.0 Å². The van der Waals surface area contributed by atoms with E-state index in [0.717, 1.165) is 32.9 Å². The van der Waals surface area contributed by atoms with Gasteiger partial charge in [0.05, 0.1) is 35.7 Å². The predicted molar refractivity (Wildman–Crippen MR) is 301 cm³/mol. The fraction of sp³-hybridized carbons (Fsp3) is 0.333. The second-order valence-corrected chi connectivity index (χ2v) is 22.9. The van der Waals surface area contributed by atoms with Crippen LogP contribution in [-0.4, -0.2) is 104 Å². The van der Waals surface area contributed by atoms with Gasteiger partial charge < -0.3 is 53.9 Å². The molecule has 1 fully saturated rings. The molecule has 1 amide bonds. The van der Waals surface area contributed by atoms with E-state index < -0.39 is 90.9 Å². The van der Waals surface area contributed by atoms with Gasteiger partial charge in [-0.25, -0.2) is 28.1 Å². The fourth-order valence-electron chi connectivity index (χ4n) is 9.04. The first-order chi connectivity index (χ1) is 40.3. The first kappa shape index (κ1) is 64.3. The Hall–Kier alpha value is -8.25. The van der Waals surface area contributed by atoms with Crippen molar-refractivity contribution < 1.29 is 84.5 Å². The van der Waals surface area contributed by atoms with E-state index in [2.05, 4.69) is 60.7 Å². The van der Waals surface area contributed by atoms with Gasteiger partial charge in [-0.3, -0.25) is 28.7 Å². The monoisotopic (exact) mass is 1230 g/mol. The maximum atomic E-state index is 13.8. The number of hydrogen-bond donors (Lipinski definition) is 8. The summed E-state index contributed by atoms with van der Waals surface area (Å²) in [5, 5.41) is 24.9. The molecule has 1 aliphatic carbocycles. The van der Waals surface area contributed by atoms with Crippen LogP contribution in [0.15, 0.2) is 96.1 Å². The first-order valence-electron chi connectivity index (χ1n) is 25.5. The Kier molecular flexibility index (Phi) is 21.3. The summed E-state index contributed by atoms with van der Waals surface area (Å²) in [7, 11) is -17.2. The van der Waals surface area contributed by atoms with Crippen molar-refractivity contribution >= 4 is 58.0 Å². The van der Waals surface area contributed by atoms with Crippen LogP contribution in [0.2, 0.25) is 0 Å². The molecule has 85 heavy (non-hydrogen) atoms. The standard InChI is InChI=1S/C51H54N11O20P3/c1-5-54-39-21-41-37(17-28(39)3)46(38-18-29(4)40(55-6-2)22-42(38)79-41)36-20-31(12-14-35(36)49(65)66)47(63)56-15-7-9-30-11-13-34(33(19-30)24-57-60-52)50(67)76-16-8-10-32-25-62(51(68)59-48(32)64)45-23-43(77-27-58-61-53)44(80-45)26-78-84(72,73)82-85(74,75)81-83(69,70)71/h11-14,17-22,25,43-45,54H,5-7,9,15-16,23-24,26-27H2,1-4H3,(H,56,63)(H,65,66)(H,72,73)(H,74,75)(H,59,64,68)(H2,69,70,71)/t43?,44-,45-/m1/s1. The van der Waals surface area contributed by atoms with Crippen molar-refractivity contribution in [3.8, 4) is 34.3 Å². The molecule has 3 unspecified atom stereocenters. The molecular formula is C51H54N11O20P3. The number of carboxylic acid groups (broad SMARTS) is 1. The Morgan fingerprint density at radius 1 is 0.918 bits per heavy atom. The predicted octanol–water partition coefficient (Wildman–Crippen LogP) is 7.39. The second kappa shape index (κ2) is 28.1. The molecule has 0 bridgehead atoms. The molecule has 4 aromatic rings. The van der Waals surface area contributed by atoms with Gasteiger partial charge >= 0.3 is 41.1 Å². The topological polar surface area (TPSA) is 461 Å². The van der Waals surface area contributed by atoms with Crippen LogP contribution in [-0.2, 0) is 54.0 Å². The van der Waals surface area contributed by atoms with Crippen LogP contribution in [0.4, 0.5) is 5.69 Å². The zero-order valence-corrected chi connectivity index (χ0v) is 48.1. The third-order valence-electron chi connectivity index (χ3n) is 12.7. The Morgan fingerprint density at radius 3 is 2.38 bits per heavy atom. The molecular weight excluding hydrogens is 1180 g/mol. The summed E-state index contributed by atoms with van der Waals surface area (Å²) < 4.78 is 71.0. The lowest BCUT2D eigenvalue weighted by Crippen LogP contribution is -2.33. The summed E-state index contributed by atoms with van der Waals surface area (Å²) in [5.74, 6) is 2.90. The third-order valence-corrected chi connectivity index (χ3v) is 16.5. The number of phosphoric ester groups is 1. The minimum Gasteiger partial charge on any atom is -0.478 e. The molecule has 1 aromatic heterocycles. The van der Waals surface area contributed by atoms with Crippen LogP contribution in [0, 0.1) is 25.7 Å². The number of aryl methyl sites for hydroxylation is 3. The Labute approximate surface area is 480 Å². The number of rotatable bonds is 25. The van der Waals surface area contributed by atoms with Crippen molar-refractivity contribution in [3.63, 3.8) is 0 Å². The lowest BCUT2D eigenvalue weighted by atomic mass is 9.88. The van der Waals surface area contributed by atoms with E-state index in [4.69, 9.17) is 39.5 Å². The van der Waals surface area contributed by atoms with Gasteiger partial charge in [-0.15, -0.1) is 0 Å². The molecule has 0 spiro atoms. The third kappa shape index (κ3) is 16.8. The molecule has 34 heteroatoms. The zero-order valence-electron chi connectivity index (χ0n) is 45.4.